The molecule has 3 aromatic rings. The molecule has 4 rings (SSSR count). The molecule has 1 aliphatic rings. The molecule has 0 radical (unpaired) electrons. The van der Waals surface area contributed by atoms with Crippen LogP contribution >= 0.6 is 0 Å². The Labute approximate surface area is 208 Å². The van der Waals surface area contributed by atoms with Crippen LogP contribution in [0.5, 0.6) is 5.75 Å². The van der Waals surface area contributed by atoms with Crippen LogP contribution in [0.2, 0.25) is 0 Å². The van der Waals surface area contributed by atoms with E-state index in [-0.39, 0.29) is 25.4 Å². The third-order valence-electron chi connectivity index (χ3n) is 6.31. The van der Waals surface area contributed by atoms with Gasteiger partial charge in [0.25, 0.3) is 0 Å². The number of carbonyl (C=O) groups excluding carboxylic acids is 1. The summed E-state index contributed by atoms with van der Waals surface area (Å²) in [6, 6.07) is 9.61. The minimum Gasteiger partial charge on any atom is -0.487 e. The second-order valence-corrected chi connectivity index (χ2v) is 8.67. The Morgan fingerprint density at radius 2 is 1.76 bits per heavy atom. The number of halogens is 5. The van der Waals surface area contributed by atoms with Gasteiger partial charge in [-0.15, -0.1) is 0 Å². The van der Waals surface area contributed by atoms with Gasteiger partial charge < -0.3 is 14.7 Å². The smallest absolute Gasteiger partial charge is 0.340 e. The van der Waals surface area contributed by atoms with Crippen molar-refractivity contribution in [3.8, 4) is 5.75 Å². The Morgan fingerprint density at radius 1 is 1.08 bits per heavy atom. The van der Waals surface area contributed by atoms with E-state index in [9.17, 15) is 31.9 Å². The summed E-state index contributed by atoms with van der Waals surface area (Å²) in [4.78, 5) is 20.1. The summed E-state index contributed by atoms with van der Waals surface area (Å²) >= 11 is 0. The third-order valence-corrected chi connectivity index (χ3v) is 6.31. The zero-order chi connectivity index (χ0) is 26.8. The van der Waals surface area contributed by atoms with Crippen LogP contribution in [0.1, 0.15) is 12.5 Å². The van der Waals surface area contributed by atoms with Crippen LogP contribution in [0, 0.1) is 5.82 Å². The van der Waals surface area contributed by atoms with Gasteiger partial charge in [0.2, 0.25) is 0 Å². The topological polar surface area (TPSA) is 83.7 Å². The largest absolute Gasteiger partial charge is 0.487 e. The van der Waals surface area contributed by atoms with Crippen molar-refractivity contribution in [1.82, 2.24) is 19.7 Å². The zero-order valence-electron chi connectivity index (χ0n) is 19.6. The number of ether oxygens (including phenoxy) is 1. The Hall–Kier alpha value is -3.74. The summed E-state index contributed by atoms with van der Waals surface area (Å²) < 4.78 is 70.6. The molecule has 8 nitrogen and oxygen atoms in total. The molecule has 0 spiro atoms. The molecule has 37 heavy (non-hydrogen) atoms. The Balaban J connectivity index is 1.50. The molecule has 0 saturated carbocycles. The maximum absolute atomic E-state index is 13.6. The van der Waals surface area contributed by atoms with Gasteiger partial charge in [-0.2, -0.15) is 13.9 Å². The molecule has 2 heterocycles. The van der Waals surface area contributed by atoms with E-state index < -0.39 is 42.4 Å². The molecule has 2 atom stereocenters. The fourth-order valence-corrected chi connectivity index (χ4v) is 4.14. The first-order valence-electron chi connectivity index (χ1n) is 11.3. The van der Waals surface area contributed by atoms with Gasteiger partial charge in [0.15, 0.2) is 6.61 Å². The van der Waals surface area contributed by atoms with Crippen LogP contribution < -0.4 is 9.64 Å². The average Bonchev–Trinajstić information content (AvgIpc) is 3.52. The Bertz CT molecular complexity index is 1190. The van der Waals surface area contributed by atoms with Crippen LogP contribution in [-0.2, 0) is 12.1 Å². The molecular formula is C24H24F5N5O3. The number of hydrogen-bond acceptors (Lipinski definition) is 5. The molecule has 198 valence electrons. The van der Waals surface area contributed by atoms with Crippen molar-refractivity contribution in [1.29, 1.82) is 0 Å². The van der Waals surface area contributed by atoms with Crippen molar-refractivity contribution in [2.75, 3.05) is 24.6 Å². The van der Waals surface area contributed by atoms with Gasteiger partial charge in [0, 0.05) is 18.8 Å². The summed E-state index contributed by atoms with van der Waals surface area (Å²) in [7, 11) is 0. The van der Waals surface area contributed by atoms with Gasteiger partial charge in [-0.3, -0.25) is 4.90 Å². The quantitative estimate of drug-likeness (QED) is 0.406. The molecule has 1 N–H and O–H groups in total. The molecule has 1 aromatic heterocycles. The lowest BCUT2D eigenvalue weighted by atomic mass is 9.86. The van der Waals surface area contributed by atoms with Gasteiger partial charge in [-0.05, 0) is 48.9 Å². The van der Waals surface area contributed by atoms with Crippen molar-refractivity contribution in [2.45, 2.75) is 37.5 Å². The van der Waals surface area contributed by atoms with Crippen LogP contribution in [0.25, 0.3) is 0 Å². The van der Waals surface area contributed by atoms with Crippen molar-refractivity contribution in [2.24, 2.45) is 0 Å². The second-order valence-electron chi connectivity index (χ2n) is 8.67. The van der Waals surface area contributed by atoms with Crippen molar-refractivity contribution in [3.63, 3.8) is 0 Å². The van der Waals surface area contributed by atoms with Gasteiger partial charge in [0.1, 0.15) is 29.8 Å². The SMILES string of the molecule is C[C@@H](N1CCN(c2ccc(OCC(F)(F)C(F)F)cc2)C1=O)[C@](O)(Cn1cncn1)c1ccc(F)cc1. The van der Waals surface area contributed by atoms with Crippen molar-refractivity contribution in [3.05, 3.63) is 72.6 Å². The highest BCUT2D eigenvalue weighted by Gasteiger charge is 2.45. The zero-order valence-corrected chi connectivity index (χ0v) is 19.6. The molecule has 13 heteroatoms. The highest BCUT2D eigenvalue weighted by atomic mass is 19.3. The van der Waals surface area contributed by atoms with E-state index in [0.29, 0.717) is 11.3 Å². The molecule has 0 aliphatic carbocycles. The number of nitrogens with zero attached hydrogens (tertiary/aromatic N) is 5. The van der Waals surface area contributed by atoms with E-state index >= 15 is 0 Å². The van der Waals surface area contributed by atoms with Crippen molar-refractivity contribution >= 4 is 11.7 Å². The minimum absolute atomic E-state index is 0.0561. The number of aliphatic hydroxyl groups is 1. The van der Waals surface area contributed by atoms with Crippen LogP contribution in [0.15, 0.2) is 61.2 Å². The first-order chi connectivity index (χ1) is 17.5. The maximum atomic E-state index is 13.6. The average molecular weight is 525 g/mol. The first-order valence-corrected chi connectivity index (χ1v) is 11.3. The van der Waals surface area contributed by atoms with E-state index in [2.05, 4.69) is 10.1 Å². The molecule has 1 fully saturated rings. The maximum Gasteiger partial charge on any atom is 0.340 e. The summed E-state index contributed by atoms with van der Waals surface area (Å²) in [6.45, 7) is 0.641. The number of benzene rings is 2. The molecule has 0 bridgehead atoms. The first kappa shape index (κ1) is 26.3. The predicted molar refractivity (Wildman–Crippen MR) is 122 cm³/mol. The summed E-state index contributed by atoms with van der Waals surface area (Å²) in [6.07, 6.45) is -1.12. The highest BCUT2D eigenvalue weighted by Crippen LogP contribution is 2.34. The third kappa shape index (κ3) is 5.50. The normalized spacial score (nSPS) is 16.8. The number of aromatic nitrogens is 3. The standard InChI is InChI=1S/C24H24F5N5O3/c1-16(23(36,12-32-15-30-14-31-32)17-2-4-18(25)5-3-17)33-10-11-34(22(33)35)19-6-8-20(9-7-19)37-13-24(28,29)21(26)27/h2-9,14-16,21,36H,10-13H2,1H3/t16-,23-/m1/s1. The number of urea groups is 1. The van der Waals surface area contributed by atoms with E-state index in [1.165, 1.54) is 75.7 Å². The number of anilines is 1. The Kier molecular flexibility index (Phi) is 7.35. The number of amides is 2. The summed E-state index contributed by atoms with van der Waals surface area (Å²) in [5.74, 6) is -4.82. The van der Waals surface area contributed by atoms with Gasteiger partial charge in [-0.25, -0.2) is 27.6 Å². The summed E-state index contributed by atoms with van der Waals surface area (Å²) in [5.41, 5.74) is -0.847. The van der Waals surface area contributed by atoms with E-state index in [4.69, 9.17) is 4.74 Å². The predicted octanol–water partition coefficient (Wildman–Crippen LogP) is 3.91. The Morgan fingerprint density at radius 3 is 2.35 bits per heavy atom. The van der Waals surface area contributed by atoms with E-state index in [0.717, 1.165) is 0 Å². The van der Waals surface area contributed by atoms with E-state index in [1.54, 1.807) is 6.92 Å². The fraction of sp³-hybridized carbons (Fsp3) is 0.375. The molecular weight excluding hydrogens is 501 g/mol. The van der Waals surface area contributed by atoms with Crippen LogP contribution in [0.4, 0.5) is 32.4 Å². The van der Waals surface area contributed by atoms with E-state index in [1.807, 2.05) is 0 Å². The van der Waals surface area contributed by atoms with Crippen molar-refractivity contribution < 1.29 is 36.6 Å². The number of rotatable bonds is 10. The number of alkyl halides is 4. The summed E-state index contributed by atoms with van der Waals surface area (Å²) in [5, 5.41) is 15.8. The lowest BCUT2D eigenvalue weighted by Crippen LogP contribution is -2.52. The molecule has 2 amide bonds. The highest BCUT2D eigenvalue weighted by molar-refractivity contribution is 5.94. The fourth-order valence-electron chi connectivity index (χ4n) is 4.14. The van der Waals surface area contributed by atoms with Crippen LogP contribution in [-0.4, -0.2) is 68.9 Å². The lowest BCUT2D eigenvalue weighted by molar-refractivity contribution is -0.148. The molecule has 1 saturated heterocycles. The second kappa shape index (κ2) is 10.3. The molecule has 0 unspecified atom stereocenters. The monoisotopic (exact) mass is 525 g/mol. The minimum atomic E-state index is -4.28. The van der Waals surface area contributed by atoms with Crippen LogP contribution in [0.3, 0.4) is 0 Å². The van der Waals surface area contributed by atoms with Gasteiger partial charge in [-0.1, -0.05) is 12.1 Å². The number of carbonyl (C=O) groups is 1. The van der Waals surface area contributed by atoms with Gasteiger partial charge in [0.05, 0.1) is 12.6 Å². The number of hydrogen-bond donors (Lipinski definition) is 1. The lowest BCUT2D eigenvalue weighted by Gasteiger charge is -2.39. The molecule has 1 aliphatic heterocycles. The molecule has 2 aromatic carbocycles. The van der Waals surface area contributed by atoms with Gasteiger partial charge >= 0.3 is 18.4 Å².